The van der Waals surface area contributed by atoms with Gasteiger partial charge in [0.15, 0.2) is 0 Å². The molecule has 0 saturated carbocycles. The van der Waals surface area contributed by atoms with E-state index in [1.54, 1.807) is 0 Å². The first kappa shape index (κ1) is 19.4. The molecule has 5 heteroatoms. The summed E-state index contributed by atoms with van der Waals surface area (Å²) in [5.41, 5.74) is 5.64. The van der Waals surface area contributed by atoms with E-state index in [9.17, 15) is 9.90 Å². The minimum Gasteiger partial charge on any atom is -0.481 e. The van der Waals surface area contributed by atoms with E-state index in [4.69, 9.17) is 5.10 Å². The van der Waals surface area contributed by atoms with Crippen molar-refractivity contribution in [1.82, 2.24) is 14.7 Å². The van der Waals surface area contributed by atoms with Gasteiger partial charge in [-0.15, -0.1) is 0 Å². The average Bonchev–Trinajstić information content (AvgIpc) is 3.18. The van der Waals surface area contributed by atoms with Crippen molar-refractivity contribution in [1.29, 1.82) is 0 Å². The molecular formula is C24H27N3O2. The lowest BCUT2D eigenvalue weighted by atomic mass is 9.96. The third kappa shape index (κ3) is 4.40. The maximum atomic E-state index is 11.2. The summed E-state index contributed by atoms with van der Waals surface area (Å²) in [7, 11) is 0. The predicted octanol–water partition coefficient (Wildman–Crippen LogP) is 4.40. The Labute approximate surface area is 171 Å². The molecule has 0 amide bonds. The number of para-hydroxylation sites is 1. The number of aryl methyl sites for hydroxylation is 1. The number of likely N-dealkylation sites (tertiary alicyclic amines) is 1. The van der Waals surface area contributed by atoms with Gasteiger partial charge in [-0.05, 0) is 50.0 Å². The Morgan fingerprint density at radius 3 is 2.38 bits per heavy atom. The number of rotatable bonds is 6. The highest BCUT2D eigenvalue weighted by Gasteiger charge is 2.25. The van der Waals surface area contributed by atoms with Crippen molar-refractivity contribution in [2.24, 2.45) is 5.92 Å². The molecule has 1 aliphatic heterocycles. The van der Waals surface area contributed by atoms with Crippen molar-refractivity contribution in [3.05, 3.63) is 71.9 Å². The predicted molar refractivity (Wildman–Crippen MR) is 114 cm³/mol. The quantitative estimate of drug-likeness (QED) is 0.679. The van der Waals surface area contributed by atoms with Crippen molar-refractivity contribution in [2.45, 2.75) is 32.7 Å². The largest absolute Gasteiger partial charge is 0.481 e. The molecule has 0 unspecified atom stereocenters. The van der Waals surface area contributed by atoms with Gasteiger partial charge in [-0.3, -0.25) is 9.69 Å². The summed E-state index contributed by atoms with van der Waals surface area (Å²) >= 11 is 0. The van der Waals surface area contributed by atoms with Gasteiger partial charge in [-0.1, -0.05) is 49.4 Å². The first-order valence-electron chi connectivity index (χ1n) is 10.3. The van der Waals surface area contributed by atoms with E-state index < -0.39 is 5.97 Å². The van der Waals surface area contributed by atoms with Crippen LogP contribution in [0.4, 0.5) is 0 Å². The molecule has 3 aromatic rings. The second kappa shape index (κ2) is 8.62. The molecule has 0 radical (unpaired) electrons. The Balaban J connectivity index is 1.62. The minimum absolute atomic E-state index is 0.209. The number of nitrogens with zero attached hydrogens (tertiary/aromatic N) is 3. The highest BCUT2D eigenvalue weighted by atomic mass is 16.4. The fourth-order valence-corrected chi connectivity index (χ4v) is 3.96. The molecule has 4 rings (SSSR count). The van der Waals surface area contributed by atoms with Crippen LogP contribution in [0, 0.1) is 5.92 Å². The summed E-state index contributed by atoms with van der Waals surface area (Å²) in [6.07, 6.45) is 4.55. The monoisotopic (exact) mass is 389 g/mol. The molecule has 29 heavy (non-hydrogen) atoms. The second-order valence-corrected chi connectivity index (χ2v) is 7.72. The molecule has 0 spiro atoms. The van der Waals surface area contributed by atoms with Crippen LogP contribution in [0.25, 0.3) is 16.9 Å². The van der Waals surface area contributed by atoms with E-state index >= 15 is 0 Å². The molecule has 0 bridgehead atoms. The molecule has 0 atom stereocenters. The third-order valence-corrected chi connectivity index (χ3v) is 5.78. The van der Waals surface area contributed by atoms with Crippen LogP contribution in [0.3, 0.4) is 0 Å². The molecule has 5 nitrogen and oxygen atoms in total. The van der Waals surface area contributed by atoms with Gasteiger partial charge in [-0.25, -0.2) is 4.68 Å². The van der Waals surface area contributed by atoms with E-state index in [1.165, 1.54) is 11.1 Å². The number of benzene rings is 2. The molecule has 1 N–H and O–H groups in total. The lowest BCUT2D eigenvalue weighted by Crippen LogP contribution is -2.35. The summed E-state index contributed by atoms with van der Waals surface area (Å²) in [6.45, 7) is 4.55. The maximum Gasteiger partial charge on any atom is 0.306 e. The zero-order chi connectivity index (χ0) is 20.2. The van der Waals surface area contributed by atoms with Crippen molar-refractivity contribution < 1.29 is 9.90 Å². The standard InChI is InChI=1S/C24H27N3O2/c1-2-18-8-10-19(11-9-18)23-21(16-26-14-12-20(13-15-26)24(28)29)17-27(25-23)22-6-4-3-5-7-22/h3-11,17,20H,2,12-16H2,1H3,(H,28,29). The van der Waals surface area contributed by atoms with Gasteiger partial charge in [0.2, 0.25) is 0 Å². The Morgan fingerprint density at radius 2 is 1.76 bits per heavy atom. The summed E-state index contributed by atoms with van der Waals surface area (Å²) in [5, 5.41) is 14.2. The fraction of sp³-hybridized carbons (Fsp3) is 0.333. The Hall–Kier alpha value is -2.92. The highest BCUT2D eigenvalue weighted by Crippen LogP contribution is 2.27. The molecular weight excluding hydrogens is 362 g/mol. The first-order valence-corrected chi connectivity index (χ1v) is 10.3. The maximum absolute atomic E-state index is 11.2. The van der Waals surface area contributed by atoms with Crippen LogP contribution in [0.1, 0.15) is 30.9 Å². The summed E-state index contributed by atoms with van der Waals surface area (Å²) < 4.78 is 1.95. The number of hydrogen-bond donors (Lipinski definition) is 1. The molecule has 1 aromatic heterocycles. The van der Waals surface area contributed by atoms with Gasteiger partial charge in [-0.2, -0.15) is 5.10 Å². The van der Waals surface area contributed by atoms with Crippen LogP contribution in [-0.2, 0) is 17.8 Å². The van der Waals surface area contributed by atoms with Crippen molar-refractivity contribution >= 4 is 5.97 Å². The molecule has 0 aliphatic carbocycles. The van der Waals surface area contributed by atoms with Crippen molar-refractivity contribution in [3.8, 4) is 16.9 Å². The minimum atomic E-state index is -0.668. The van der Waals surface area contributed by atoms with Crippen LogP contribution in [0.2, 0.25) is 0 Å². The first-order chi connectivity index (χ1) is 14.1. The van der Waals surface area contributed by atoms with Gasteiger partial charge in [0, 0.05) is 23.9 Å². The van der Waals surface area contributed by atoms with Crippen LogP contribution < -0.4 is 0 Å². The molecule has 1 saturated heterocycles. The van der Waals surface area contributed by atoms with Crippen molar-refractivity contribution in [2.75, 3.05) is 13.1 Å². The zero-order valence-electron chi connectivity index (χ0n) is 16.8. The van der Waals surface area contributed by atoms with E-state index in [1.807, 2.05) is 22.9 Å². The molecule has 2 aromatic carbocycles. The normalized spacial score (nSPS) is 15.5. The lowest BCUT2D eigenvalue weighted by molar-refractivity contribution is -0.143. The lowest BCUT2D eigenvalue weighted by Gasteiger charge is -2.29. The molecule has 1 aliphatic rings. The summed E-state index contributed by atoms with van der Waals surface area (Å²) in [5.74, 6) is -0.877. The smallest absolute Gasteiger partial charge is 0.306 e. The average molecular weight is 389 g/mol. The molecule has 1 fully saturated rings. The van der Waals surface area contributed by atoms with E-state index in [2.05, 4.69) is 54.4 Å². The van der Waals surface area contributed by atoms with Gasteiger partial charge in [0.1, 0.15) is 0 Å². The number of aliphatic carboxylic acids is 1. The van der Waals surface area contributed by atoms with E-state index in [0.717, 1.165) is 43.0 Å². The zero-order valence-corrected chi connectivity index (χ0v) is 16.8. The van der Waals surface area contributed by atoms with Crippen LogP contribution >= 0.6 is 0 Å². The molecule has 2 heterocycles. The third-order valence-electron chi connectivity index (χ3n) is 5.78. The van der Waals surface area contributed by atoms with Gasteiger partial charge in [0.05, 0.1) is 17.3 Å². The Morgan fingerprint density at radius 1 is 1.07 bits per heavy atom. The Kier molecular flexibility index (Phi) is 5.76. The van der Waals surface area contributed by atoms with Crippen LogP contribution in [0.15, 0.2) is 60.8 Å². The van der Waals surface area contributed by atoms with E-state index in [0.29, 0.717) is 12.8 Å². The van der Waals surface area contributed by atoms with Crippen molar-refractivity contribution in [3.63, 3.8) is 0 Å². The van der Waals surface area contributed by atoms with Gasteiger partial charge >= 0.3 is 5.97 Å². The number of hydrogen-bond acceptors (Lipinski definition) is 3. The Bertz CT molecular complexity index is 956. The van der Waals surface area contributed by atoms with Gasteiger partial charge < -0.3 is 5.11 Å². The number of carboxylic acid groups (broad SMARTS) is 1. The van der Waals surface area contributed by atoms with Gasteiger partial charge in [0.25, 0.3) is 0 Å². The van der Waals surface area contributed by atoms with Crippen LogP contribution in [0.5, 0.6) is 0 Å². The highest BCUT2D eigenvalue weighted by molar-refractivity contribution is 5.70. The topological polar surface area (TPSA) is 58.4 Å². The number of carbonyl (C=O) groups is 1. The SMILES string of the molecule is CCc1ccc(-c2nn(-c3ccccc3)cc2CN2CCC(C(=O)O)CC2)cc1. The fourth-order valence-electron chi connectivity index (χ4n) is 3.96. The number of carboxylic acids is 1. The number of aromatic nitrogens is 2. The number of piperidine rings is 1. The second-order valence-electron chi connectivity index (χ2n) is 7.72. The van der Waals surface area contributed by atoms with E-state index in [-0.39, 0.29) is 5.92 Å². The molecule has 150 valence electrons. The summed E-state index contributed by atoms with van der Waals surface area (Å²) in [4.78, 5) is 13.6. The van der Waals surface area contributed by atoms with Crippen LogP contribution in [-0.4, -0.2) is 38.8 Å². The summed E-state index contributed by atoms with van der Waals surface area (Å²) in [6, 6.07) is 18.8.